The van der Waals surface area contributed by atoms with E-state index in [2.05, 4.69) is 12.2 Å². The van der Waals surface area contributed by atoms with Crippen molar-refractivity contribution in [1.82, 2.24) is 20.1 Å². The summed E-state index contributed by atoms with van der Waals surface area (Å²) in [6.07, 6.45) is 2.39. The van der Waals surface area contributed by atoms with E-state index in [1.165, 1.54) is 0 Å². The van der Waals surface area contributed by atoms with Crippen LogP contribution in [-0.4, -0.2) is 66.1 Å². The lowest BCUT2D eigenvalue weighted by atomic mass is 10.0. The van der Waals surface area contributed by atoms with Gasteiger partial charge in [-0.2, -0.15) is 0 Å². The number of fused-ring (bicyclic) bond motifs is 2. The molecule has 2 amide bonds. The molecule has 8 heteroatoms. The lowest BCUT2D eigenvalue weighted by molar-refractivity contribution is 0.0558. The summed E-state index contributed by atoms with van der Waals surface area (Å²) < 4.78 is 5.27. The van der Waals surface area contributed by atoms with Gasteiger partial charge in [-0.15, -0.1) is 0 Å². The average molecular weight is 431 g/mol. The fourth-order valence-corrected chi connectivity index (χ4v) is 4.26. The molecule has 1 saturated heterocycles. The summed E-state index contributed by atoms with van der Waals surface area (Å²) >= 11 is 6.61. The number of amides is 2. The second-order valence-corrected chi connectivity index (χ2v) is 8.13. The van der Waals surface area contributed by atoms with Crippen molar-refractivity contribution in [3.63, 3.8) is 0 Å². The third kappa shape index (κ3) is 4.23. The maximum atomic E-state index is 13.0. The summed E-state index contributed by atoms with van der Waals surface area (Å²) in [5, 5.41) is 4.91. The number of rotatable bonds is 4. The fraction of sp³-hybridized carbons (Fsp3) is 0.500. The molecule has 30 heavy (non-hydrogen) atoms. The van der Waals surface area contributed by atoms with Crippen LogP contribution in [0.15, 0.2) is 18.2 Å². The summed E-state index contributed by atoms with van der Waals surface area (Å²) in [4.78, 5) is 33.3. The molecule has 4 rings (SSSR count). The van der Waals surface area contributed by atoms with Crippen LogP contribution < -0.4 is 5.32 Å². The van der Waals surface area contributed by atoms with Gasteiger partial charge >= 0.3 is 6.09 Å². The van der Waals surface area contributed by atoms with Crippen LogP contribution in [0.5, 0.6) is 0 Å². The van der Waals surface area contributed by atoms with Crippen molar-refractivity contribution >= 4 is 34.5 Å². The molecule has 1 aromatic carbocycles. The number of unbranched alkanes of at least 4 members (excludes halogenated alkanes) is 1. The number of aromatic nitrogens is 1. The zero-order valence-electron chi connectivity index (χ0n) is 17.2. The molecule has 1 N–H and O–H groups in total. The zero-order chi connectivity index (χ0) is 21.1. The Hall–Kier alpha value is -2.38. The predicted octanol–water partition coefficient (Wildman–Crippen LogP) is 3.23. The lowest BCUT2D eigenvalue weighted by Gasteiger charge is -2.34. The molecule has 0 aliphatic carbocycles. The Labute approximate surface area is 181 Å². The first-order chi connectivity index (χ1) is 14.6. The average Bonchev–Trinajstić information content (AvgIpc) is 2.78. The Morgan fingerprint density at radius 3 is 2.73 bits per heavy atom. The molecule has 0 radical (unpaired) electrons. The first-order valence-corrected chi connectivity index (χ1v) is 11.0. The first-order valence-electron chi connectivity index (χ1n) is 10.6. The van der Waals surface area contributed by atoms with Gasteiger partial charge in [-0.05, 0) is 18.6 Å². The van der Waals surface area contributed by atoms with Crippen molar-refractivity contribution in [1.29, 1.82) is 0 Å². The van der Waals surface area contributed by atoms with Gasteiger partial charge in [0.05, 0.1) is 17.1 Å². The molecule has 0 spiro atoms. The Balaban J connectivity index is 1.44. The summed E-state index contributed by atoms with van der Waals surface area (Å²) in [6, 6.07) is 5.53. The number of piperazine rings is 1. The van der Waals surface area contributed by atoms with Gasteiger partial charge in [0.15, 0.2) is 0 Å². The van der Waals surface area contributed by atoms with E-state index >= 15 is 0 Å². The number of benzene rings is 1. The molecular formula is C22H27ClN4O3. The Bertz CT molecular complexity index is 957. The fourth-order valence-electron chi connectivity index (χ4n) is 3.92. The number of nitrogens with one attached hydrogen (secondary N) is 1. The van der Waals surface area contributed by atoms with Crippen molar-refractivity contribution in [3.8, 4) is 0 Å². The first kappa shape index (κ1) is 20.9. The molecule has 2 aliphatic heterocycles. The molecule has 1 fully saturated rings. The van der Waals surface area contributed by atoms with E-state index in [9.17, 15) is 9.59 Å². The maximum absolute atomic E-state index is 13.0. The molecule has 2 aliphatic rings. The predicted molar refractivity (Wildman–Crippen MR) is 116 cm³/mol. The van der Waals surface area contributed by atoms with E-state index in [-0.39, 0.29) is 12.0 Å². The largest absolute Gasteiger partial charge is 0.449 e. The number of hydrogen-bond donors (Lipinski definition) is 1. The van der Waals surface area contributed by atoms with Gasteiger partial charge in [0.25, 0.3) is 5.91 Å². The van der Waals surface area contributed by atoms with Crippen LogP contribution in [0, 0.1) is 0 Å². The number of carbonyl (C=O) groups excluding carboxylic acids is 2. The van der Waals surface area contributed by atoms with E-state index in [0.717, 1.165) is 59.5 Å². The summed E-state index contributed by atoms with van der Waals surface area (Å²) in [5.74, 6) is -0.0480. The number of ether oxygens (including phenoxy) is 1. The van der Waals surface area contributed by atoms with Crippen molar-refractivity contribution < 1.29 is 14.3 Å². The number of halogens is 1. The molecular weight excluding hydrogens is 404 g/mol. The maximum Gasteiger partial charge on any atom is 0.409 e. The second kappa shape index (κ2) is 9.18. The Kier molecular flexibility index (Phi) is 6.39. The second-order valence-electron chi connectivity index (χ2n) is 7.76. The van der Waals surface area contributed by atoms with E-state index in [4.69, 9.17) is 21.3 Å². The van der Waals surface area contributed by atoms with Crippen LogP contribution >= 0.6 is 11.6 Å². The highest BCUT2D eigenvalue weighted by Gasteiger charge is 2.26. The SMILES string of the molecule is CCCCOC(=O)N1CCN(C(=O)c2ccc3c(Cl)c4c(nc3c2)CCNC4)CC1. The Morgan fingerprint density at radius 1 is 1.20 bits per heavy atom. The molecule has 0 bridgehead atoms. The van der Waals surface area contributed by atoms with Crippen molar-refractivity contribution in [2.45, 2.75) is 32.7 Å². The van der Waals surface area contributed by atoms with E-state index < -0.39 is 0 Å². The van der Waals surface area contributed by atoms with Gasteiger partial charge < -0.3 is 19.9 Å². The number of carbonyl (C=O) groups is 2. The monoisotopic (exact) mass is 430 g/mol. The molecule has 160 valence electrons. The van der Waals surface area contributed by atoms with Gasteiger partial charge in [0.2, 0.25) is 0 Å². The standard InChI is InChI=1S/C22H27ClN4O3/c1-2-3-12-30-22(29)27-10-8-26(9-11-27)21(28)15-4-5-16-19(13-15)25-18-6-7-24-14-17(18)20(16)23/h4-5,13,24H,2-3,6-12,14H2,1H3. The van der Waals surface area contributed by atoms with Crippen LogP contribution in [-0.2, 0) is 17.7 Å². The van der Waals surface area contributed by atoms with E-state index in [1.54, 1.807) is 9.80 Å². The Morgan fingerprint density at radius 2 is 1.97 bits per heavy atom. The van der Waals surface area contributed by atoms with Crippen LogP contribution in [0.2, 0.25) is 5.02 Å². The van der Waals surface area contributed by atoms with Gasteiger partial charge in [-0.3, -0.25) is 9.78 Å². The van der Waals surface area contributed by atoms with Crippen molar-refractivity contribution in [2.75, 3.05) is 39.3 Å². The quantitative estimate of drug-likeness (QED) is 0.754. The highest BCUT2D eigenvalue weighted by atomic mass is 35.5. The van der Waals surface area contributed by atoms with Gasteiger partial charge in [-0.1, -0.05) is 31.0 Å². The van der Waals surface area contributed by atoms with Crippen LogP contribution in [0.3, 0.4) is 0 Å². The molecule has 7 nitrogen and oxygen atoms in total. The molecule has 1 aromatic heterocycles. The number of nitrogens with zero attached hydrogens (tertiary/aromatic N) is 3. The molecule has 3 heterocycles. The topological polar surface area (TPSA) is 74.8 Å². The van der Waals surface area contributed by atoms with Gasteiger partial charge in [-0.25, -0.2) is 4.79 Å². The minimum atomic E-state index is -0.292. The van der Waals surface area contributed by atoms with Crippen LogP contribution in [0.1, 0.15) is 41.4 Å². The van der Waals surface area contributed by atoms with E-state index in [1.807, 2.05) is 18.2 Å². The highest BCUT2D eigenvalue weighted by Crippen LogP contribution is 2.30. The molecule has 0 unspecified atom stereocenters. The molecule has 0 atom stereocenters. The molecule has 2 aromatic rings. The van der Waals surface area contributed by atoms with Gasteiger partial charge in [0, 0.05) is 67.9 Å². The van der Waals surface area contributed by atoms with Crippen molar-refractivity contribution in [2.24, 2.45) is 0 Å². The third-order valence-corrected chi connectivity index (χ3v) is 6.17. The highest BCUT2D eigenvalue weighted by molar-refractivity contribution is 6.36. The minimum Gasteiger partial charge on any atom is -0.449 e. The summed E-state index contributed by atoms with van der Waals surface area (Å²) in [5.41, 5.74) is 3.41. The van der Waals surface area contributed by atoms with E-state index in [0.29, 0.717) is 38.3 Å². The zero-order valence-corrected chi connectivity index (χ0v) is 18.0. The number of hydrogen-bond acceptors (Lipinski definition) is 5. The van der Waals surface area contributed by atoms with Crippen LogP contribution in [0.4, 0.5) is 4.79 Å². The summed E-state index contributed by atoms with van der Waals surface area (Å²) in [6.45, 7) is 6.05. The van der Waals surface area contributed by atoms with Crippen molar-refractivity contribution in [3.05, 3.63) is 40.0 Å². The molecule has 0 saturated carbocycles. The smallest absolute Gasteiger partial charge is 0.409 e. The lowest BCUT2D eigenvalue weighted by Crippen LogP contribution is -2.50. The van der Waals surface area contributed by atoms with Gasteiger partial charge in [0.1, 0.15) is 0 Å². The normalized spacial score (nSPS) is 16.5. The number of pyridine rings is 1. The van der Waals surface area contributed by atoms with Crippen LogP contribution in [0.25, 0.3) is 10.9 Å². The minimum absolute atomic E-state index is 0.0480. The summed E-state index contributed by atoms with van der Waals surface area (Å²) in [7, 11) is 0. The third-order valence-electron chi connectivity index (χ3n) is 5.74.